The summed E-state index contributed by atoms with van der Waals surface area (Å²) in [6.07, 6.45) is 0.241. The molecule has 7 heteroatoms. The van der Waals surface area contributed by atoms with Crippen molar-refractivity contribution in [3.8, 4) is 0 Å². The molecule has 1 N–H and O–H groups in total. The van der Waals surface area contributed by atoms with Crippen LogP contribution in [0.5, 0.6) is 0 Å². The van der Waals surface area contributed by atoms with Crippen molar-refractivity contribution in [2.45, 2.75) is 26.2 Å². The molecule has 0 spiro atoms. The van der Waals surface area contributed by atoms with Crippen LogP contribution in [0.2, 0.25) is 5.02 Å². The predicted octanol–water partition coefficient (Wildman–Crippen LogP) is 2.56. The summed E-state index contributed by atoms with van der Waals surface area (Å²) in [7, 11) is 1.85. The Labute approximate surface area is 157 Å². The number of amides is 1. The standard InChI is InChI=1S/C19H22ClN3O3/c1-11-15(12(2)22(3)21-11)8-18(24)23-9-16(17(10-23)19(25)26)13-4-6-14(20)7-5-13/h4-7,16-17H,8-10H2,1-3H3,(H,25,26)/t16-,17+/m0/s1. The SMILES string of the molecule is Cc1nn(C)c(C)c1CC(=O)N1C[C@@H](C(=O)O)[C@H](c2ccc(Cl)cc2)C1. The molecular weight excluding hydrogens is 354 g/mol. The number of nitrogens with zero attached hydrogens (tertiary/aromatic N) is 3. The summed E-state index contributed by atoms with van der Waals surface area (Å²) in [4.78, 5) is 26.2. The van der Waals surface area contributed by atoms with Gasteiger partial charge in [-0.1, -0.05) is 23.7 Å². The Kier molecular flexibility index (Phi) is 5.05. The molecule has 1 aliphatic heterocycles. The first kappa shape index (κ1) is 18.5. The van der Waals surface area contributed by atoms with Crippen molar-refractivity contribution in [1.82, 2.24) is 14.7 Å². The Morgan fingerprint density at radius 1 is 1.23 bits per heavy atom. The molecule has 1 fully saturated rings. The fourth-order valence-corrected chi connectivity index (χ4v) is 3.77. The van der Waals surface area contributed by atoms with Crippen molar-refractivity contribution < 1.29 is 14.7 Å². The number of aliphatic carboxylic acids is 1. The highest BCUT2D eigenvalue weighted by molar-refractivity contribution is 6.30. The third kappa shape index (κ3) is 3.46. The van der Waals surface area contributed by atoms with Gasteiger partial charge in [0.05, 0.1) is 18.0 Å². The van der Waals surface area contributed by atoms with Crippen LogP contribution in [0.4, 0.5) is 0 Å². The molecule has 0 unspecified atom stereocenters. The van der Waals surface area contributed by atoms with Crippen LogP contribution in [0.3, 0.4) is 0 Å². The largest absolute Gasteiger partial charge is 0.481 e. The van der Waals surface area contributed by atoms with Gasteiger partial charge in [0.2, 0.25) is 5.91 Å². The molecule has 1 saturated heterocycles. The van der Waals surface area contributed by atoms with E-state index in [1.165, 1.54) is 0 Å². The molecule has 2 aromatic rings. The molecule has 1 amide bonds. The second kappa shape index (κ2) is 7.11. The number of likely N-dealkylation sites (tertiary alicyclic amines) is 1. The number of carbonyl (C=O) groups excluding carboxylic acids is 1. The summed E-state index contributed by atoms with van der Waals surface area (Å²) >= 11 is 5.93. The van der Waals surface area contributed by atoms with Crippen molar-refractivity contribution in [1.29, 1.82) is 0 Å². The second-order valence-electron chi connectivity index (χ2n) is 6.85. The quantitative estimate of drug-likeness (QED) is 0.891. The highest BCUT2D eigenvalue weighted by Gasteiger charge is 2.40. The summed E-state index contributed by atoms with van der Waals surface area (Å²) in [6.45, 7) is 4.44. The van der Waals surface area contributed by atoms with E-state index in [9.17, 15) is 14.7 Å². The Morgan fingerprint density at radius 3 is 2.42 bits per heavy atom. The van der Waals surface area contributed by atoms with Crippen LogP contribution in [0, 0.1) is 19.8 Å². The van der Waals surface area contributed by atoms with Gasteiger partial charge in [0.15, 0.2) is 0 Å². The van der Waals surface area contributed by atoms with Gasteiger partial charge in [0, 0.05) is 42.3 Å². The van der Waals surface area contributed by atoms with Crippen molar-refractivity contribution in [3.63, 3.8) is 0 Å². The molecule has 138 valence electrons. The molecule has 0 saturated carbocycles. The Bertz CT molecular complexity index is 844. The zero-order valence-electron chi connectivity index (χ0n) is 15.1. The van der Waals surface area contributed by atoms with Crippen LogP contribution in [0.25, 0.3) is 0 Å². The molecule has 0 aliphatic carbocycles. The highest BCUT2D eigenvalue weighted by Crippen LogP contribution is 2.34. The number of carboxylic acid groups (broad SMARTS) is 1. The van der Waals surface area contributed by atoms with Gasteiger partial charge < -0.3 is 10.0 Å². The lowest BCUT2D eigenvalue weighted by atomic mass is 9.89. The van der Waals surface area contributed by atoms with E-state index in [1.807, 2.05) is 33.0 Å². The maximum atomic E-state index is 12.8. The summed E-state index contributed by atoms with van der Waals surface area (Å²) in [6, 6.07) is 7.18. The number of halogens is 1. The van der Waals surface area contributed by atoms with Crippen molar-refractivity contribution in [3.05, 3.63) is 51.8 Å². The average Bonchev–Trinajstić information content (AvgIpc) is 3.13. The van der Waals surface area contributed by atoms with Crippen molar-refractivity contribution in [2.24, 2.45) is 13.0 Å². The number of rotatable bonds is 4. The number of benzene rings is 1. The first-order chi connectivity index (χ1) is 12.3. The second-order valence-corrected chi connectivity index (χ2v) is 7.29. The lowest BCUT2D eigenvalue weighted by molar-refractivity contribution is -0.141. The van der Waals surface area contributed by atoms with Crippen LogP contribution in [-0.4, -0.2) is 44.8 Å². The fraction of sp³-hybridized carbons (Fsp3) is 0.421. The summed E-state index contributed by atoms with van der Waals surface area (Å²) in [5.74, 6) is -1.79. The number of hydrogen-bond donors (Lipinski definition) is 1. The maximum Gasteiger partial charge on any atom is 0.308 e. The fourth-order valence-electron chi connectivity index (χ4n) is 3.64. The Hall–Kier alpha value is -2.34. The lowest BCUT2D eigenvalue weighted by Crippen LogP contribution is -2.31. The van der Waals surface area contributed by atoms with Crippen molar-refractivity contribution >= 4 is 23.5 Å². The number of carbonyl (C=O) groups is 2. The molecule has 3 rings (SSSR count). The number of hydrogen-bond acceptors (Lipinski definition) is 3. The minimum atomic E-state index is -0.881. The Morgan fingerprint density at radius 2 is 1.88 bits per heavy atom. The zero-order chi connectivity index (χ0) is 19.0. The third-order valence-corrected chi connectivity index (χ3v) is 5.53. The van der Waals surface area contributed by atoms with Crippen LogP contribution in [-0.2, 0) is 23.1 Å². The third-order valence-electron chi connectivity index (χ3n) is 5.27. The molecule has 1 aliphatic rings. The lowest BCUT2D eigenvalue weighted by Gasteiger charge is -2.17. The van der Waals surface area contributed by atoms with Gasteiger partial charge in [-0.15, -0.1) is 0 Å². The monoisotopic (exact) mass is 375 g/mol. The van der Waals surface area contributed by atoms with E-state index in [0.717, 1.165) is 22.5 Å². The first-order valence-corrected chi connectivity index (χ1v) is 8.90. The van der Waals surface area contributed by atoms with Crippen LogP contribution < -0.4 is 0 Å². The average molecular weight is 376 g/mol. The smallest absolute Gasteiger partial charge is 0.308 e. The Balaban J connectivity index is 1.79. The van der Waals surface area contributed by atoms with E-state index in [0.29, 0.717) is 11.6 Å². The van der Waals surface area contributed by atoms with Crippen LogP contribution in [0.1, 0.15) is 28.4 Å². The molecule has 2 atom stereocenters. The molecule has 1 aromatic heterocycles. The number of carboxylic acids is 1. The minimum Gasteiger partial charge on any atom is -0.481 e. The van der Waals surface area contributed by atoms with Gasteiger partial charge in [0.1, 0.15) is 0 Å². The minimum absolute atomic E-state index is 0.0630. The van der Waals surface area contributed by atoms with Crippen LogP contribution >= 0.6 is 11.6 Å². The van der Waals surface area contributed by atoms with Gasteiger partial charge >= 0.3 is 5.97 Å². The molecule has 26 heavy (non-hydrogen) atoms. The van der Waals surface area contributed by atoms with E-state index in [-0.39, 0.29) is 24.8 Å². The molecule has 0 bridgehead atoms. The first-order valence-electron chi connectivity index (χ1n) is 8.53. The molecule has 6 nitrogen and oxygen atoms in total. The molecular formula is C19H22ClN3O3. The summed E-state index contributed by atoms with van der Waals surface area (Å²) in [5.41, 5.74) is 3.60. The maximum absolute atomic E-state index is 12.8. The molecule has 0 radical (unpaired) electrons. The van der Waals surface area contributed by atoms with E-state index in [2.05, 4.69) is 5.10 Å². The summed E-state index contributed by atoms with van der Waals surface area (Å²) < 4.78 is 1.76. The van der Waals surface area contributed by atoms with Gasteiger partial charge in [-0.05, 0) is 31.5 Å². The van der Waals surface area contributed by atoms with Gasteiger partial charge in [-0.2, -0.15) is 5.10 Å². The van der Waals surface area contributed by atoms with Crippen LogP contribution in [0.15, 0.2) is 24.3 Å². The van der Waals surface area contributed by atoms with E-state index in [1.54, 1.807) is 21.7 Å². The normalized spacial score (nSPS) is 19.8. The zero-order valence-corrected chi connectivity index (χ0v) is 15.8. The summed E-state index contributed by atoms with van der Waals surface area (Å²) in [5, 5.41) is 14.6. The number of aryl methyl sites for hydroxylation is 2. The number of aromatic nitrogens is 2. The van der Waals surface area contributed by atoms with E-state index >= 15 is 0 Å². The van der Waals surface area contributed by atoms with E-state index in [4.69, 9.17) is 11.6 Å². The highest BCUT2D eigenvalue weighted by atomic mass is 35.5. The van der Waals surface area contributed by atoms with Gasteiger partial charge in [-0.3, -0.25) is 14.3 Å². The van der Waals surface area contributed by atoms with Gasteiger partial charge in [-0.25, -0.2) is 0 Å². The molecule has 1 aromatic carbocycles. The predicted molar refractivity (Wildman–Crippen MR) is 98.3 cm³/mol. The topological polar surface area (TPSA) is 75.4 Å². The molecule has 2 heterocycles. The van der Waals surface area contributed by atoms with Gasteiger partial charge in [0.25, 0.3) is 0 Å². The van der Waals surface area contributed by atoms with E-state index < -0.39 is 11.9 Å². The van der Waals surface area contributed by atoms with Crippen molar-refractivity contribution in [2.75, 3.05) is 13.1 Å².